The van der Waals surface area contributed by atoms with Crippen molar-refractivity contribution < 1.29 is 28.4 Å². The third-order valence-electron chi connectivity index (χ3n) is 4.49. The Kier molecular flexibility index (Phi) is 6.91. The van der Waals surface area contributed by atoms with Crippen LogP contribution in [0.2, 0.25) is 0 Å². The molecule has 1 amide bonds. The summed E-state index contributed by atoms with van der Waals surface area (Å²) in [5.41, 5.74) is 1.43. The maximum absolute atomic E-state index is 12.6. The molecule has 0 aliphatic carbocycles. The van der Waals surface area contributed by atoms with E-state index >= 15 is 0 Å². The van der Waals surface area contributed by atoms with Crippen molar-refractivity contribution in [2.24, 2.45) is 0 Å². The molecule has 2 aromatic heterocycles. The van der Waals surface area contributed by atoms with E-state index in [-0.39, 0.29) is 41.3 Å². The first-order chi connectivity index (χ1) is 14.9. The van der Waals surface area contributed by atoms with E-state index < -0.39 is 5.91 Å². The van der Waals surface area contributed by atoms with Crippen LogP contribution < -0.4 is 10.1 Å². The number of aromatic nitrogens is 3. The van der Waals surface area contributed by atoms with Crippen molar-refractivity contribution in [3.8, 4) is 34.2 Å². The molecule has 10 heteroatoms. The number of nitrogens with zero attached hydrogens (tertiary/aromatic N) is 3. The van der Waals surface area contributed by atoms with Crippen LogP contribution in [-0.2, 0) is 4.74 Å². The molecule has 0 bridgehead atoms. The van der Waals surface area contributed by atoms with Crippen LogP contribution in [-0.4, -0.2) is 46.3 Å². The molecule has 0 atom stereocenters. The molecule has 0 fully saturated rings. The van der Waals surface area contributed by atoms with E-state index in [1.54, 1.807) is 19.9 Å². The summed E-state index contributed by atoms with van der Waals surface area (Å²) >= 11 is 0. The van der Waals surface area contributed by atoms with Gasteiger partial charge >= 0.3 is 0 Å². The Hall–Kier alpha value is -3.40. The molecule has 0 spiro atoms. The topological polar surface area (TPSA) is 133 Å². The maximum Gasteiger partial charge on any atom is 0.274 e. The summed E-state index contributed by atoms with van der Waals surface area (Å²) in [7, 11) is 0. The number of amides is 1. The average molecular weight is 430 g/mol. The molecular weight excluding hydrogens is 404 g/mol. The smallest absolute Gasteiger partial charge is 0.274 e. The number of hydrogen-bond acceptors (Lipinski definition) is 9. The lowest BCUT2D eigenvalue weighted by Gasteiger charge is -2.15. The van der Waals surface area contributed by atoms with Gasteiger partial charge in [-0.1, -0.05) is 24.2 Å². The molecule has 3 rings (SSSR count). The van der Waals surface area contributed by atoms with Gasteiger partial charge in [-0.3, -0.25) is 4.79 Å². The molecule has 166 valence electrons. The highest BCUT2D eigenvalue weighted by molar-refractivity contribution is 6.01. The highest BCUT2D eigenvalue weighted by atomic mass is 16.7. The van der Waals surface area contributed by atoms with Gasteiger partial charge in [-0.25, -0.2) is 0 Å². The van der Waals surface area contributed by atoms with Gasteiger partial charge in [0.15, 0.2) is 18.2 Å². The summed E-state index contributed by atoms with van der Waals surface area (Å²) in [6, 6.07) is 3.23. The standard InChI is InChI=1S/C21H26N4O6/c1-6-22-21(27)18-17(20-23-12(5)30-25-20)19(31-24-18)14-8-13(11(3)4)15(26)9-16(14)29-10-28-7-2/h8-9,11,26H,6-7,10H2,1-5H3,(H,22,27). The van der Waals surface area contributed by atoms with Crippen molar-refractivity contribution in [2.75, 3.05) is 19.9 Å². The number of aryl methyl sites for hydroxylation is 1. The highest BCUT2D eigenvalue weighted by Gasteiger charge is 2.30. The number of phenolic OH excluding ortho intramolecular Hbond substituents is 1. The summed E-state index contributed by atoms with van der Waals surface area (Å²) in [4.78, 5) is 16.9. The molecule has 0 saturated carbocycles. The second-order valence-corrected chi connectivity index (χ2v) is 7.05. The summed E-state index contributed by atoms with van der Waals surface area (Å²) in [5.74, 6) is 0.655. The highest BCUT2D eigenvalue weighted by Crippen LogP contribution is 2.43. The van der Waals surface area contributed by atoms with E-state index in [0.717, 1.165) is 0 Å². The second kappa shape index (κ2) is 9.61. The molecule has 3 aromatic rings. The number of ether oxygens (including phenoxy) is 2. The molecular formula is C21H26N4O6. The molecule has 1 aromatic carbocycles. The number of nitrogens with one attached hydrogen (secondary N) is 1. The molecule has 0 aliphatic heterocycles. The van der Waals surface area contributed by atoms with Crippen molar-refractivity contribution in [2.45, 2.75) is 40.5 Å². The van der Waals surface area contributed by atoms with Gasteiger partial charge in [0.2, 0.25) is 11.7 Å². The van der Waals surface area contributed by atoms with Crippen LogP contribution in [0.25, 0.3) is 22.7 Å². The van der Waals surface area contributed by atoms with Crippen molar-refractivity contribution in [1.82, 2.24) is 20.6 Å². The first kappa shape index (κ1) is 22.3. The lowest BCUT2D eigenvalue weighted by Crippen LogP contribution is -2.23. The average Bonchev–Trinajstić information content (AvgIpc) is 3.34. The first-order valence-electron chi connectivity index (χ1n) is 10.0. The molecule has 0 radical (unpaired) electrons. The Morgan fingerprint density at radius 3 is 2.61 bits per heavy atom. The van der Waals surface area contributed by atoms with Crippen LogP contribution in [0.3, 0.4) is 0 Å². The predicted octanol–water partition coefficient (Wildman–Crippen LogP) is 3.65. The van der Waals surface area contributed by atoms with Gasteiger partial charge in [0.25, 0.3) is 5.91 Å². The molecule has 0 unspecified atom stereocenters. The molecule has 31 heavy (non-hydrogen) atoms. The minimum Gasteiger partial charge on any atom is -0.508 e. The minimum atomic E-state index is -0.436. The third-order valence-corrected chi connectivity index (χ3v) is 4.49. The molecule has 0 aliphatic rings. The number of hydrogen-bond donors (Lipinski definition) is 2. The zero-order valence-corrected chi connectivity index (χ0v) is 18.2. The zero-order chi connectivity index (χ0) is 22.5. The fourth-order valence-electron chi connectivity index (χ4n) is 3.02. The predicted molar refractivity (Wildman–Crippen MR) is 111 cm³/mol. The number of aromatic hydroxyl groups is 1. The van der Waals surface area contributed by atoms with E-state index in [9.17, 15) is 9.90 Å². The van der Waals surface area contributed by atoms with E-state index in [4.69, 9.17) is 18.5 Å². The molecule has 2 N–H and O–H groups in total. The van der Waals surface area contributed by atoms with Gasteiger partial charge in [0.05, 0.1) is 5.56 Å². The van der Waals surface area contributed by atoms with E-state index in [0.29, 0.717) is 35.9 Å². The SMILES string of the molecule is CCNC(=O)c1noc(-c2cc(C(C)C)c(O)cc2OCOCC)c1-c1noc(C)n1. The normalized spacial score (nSPS) is 11.2. The number of rotatable bonds is 9. The van der Waals surface area contributed by atoms with Crippen LogP contribution in [0.15, 0.2) is 21.2 Å². The minimum absolute atomic E-state index is 0.0151. The van der Waals surface area contributed by atoms with Crippen LogP contribution in [0, 0.1) is 6.92 Å². The van der Waals surface area contributed by atoms with Crippen molar-refractivity contribution >= 4 is 5.91 Å². The summed E-state index contributed by atoms with van der Waals surface area (Å²) < 4.78 is 21.7. The largest absolute Gasteiger partial charge is 0.508 e. The Morgan fingerprint density at radius 1 is 1.23 bits per heavy atom. The van der Waals surface area contributed by atoms with Gasteiger partial charge in [-0.2, -0.15) is 4.98 Å². The van der Waals surface area contributed by atoms with Crippen molar-refractivity contribution in [3.63, 3.8) is 0 Å². The number of phenols is 1. The van der Waals surface area contributed by atoms with Crippen LogP contribution >= 0.6 is 0 Å². The number of benzene rings is 1. The Labute approximate surface area is 179 Å². The lowest BCUT2D eigenvalue weighted by atomic mass is 9.96. The number of carbonyl (C=O) groups is 1. The molecule has 2 heterocycles. The maximum atomic E-state index is 12.6. The third kappa shape index (κ3) is 4.69. The molecule has 0 saturated heterocycles. The summed E-state index contributed by atoms with van der Waals surface area (Å²) in [6.07, 6.45) is 0. The van der Waals surface area contributed by atoms with Crippen LogP contribution in [0.5, 0.6) is 11.5 Å². The van der Waals surface area contributed by atoms with Crippen LogP contribution in [0.1, 0.15) is 55.6 Å². The first-order valence-corrected chi connectivity index (χ1v) is 10.0. The fraction of sp³-hybridized carbons (Fsp3) is 0.429. The van der Waals surface area contributed by atoms with E-state index in [1.165, 1.54) is 6.07 Å². The quantitative estimate of drug-likeness (QED) is 0.385. The number of carbonyl (C=O) groups excluding carboxylic acids is 1. The Morgan fingerprint density at radius 2 is 2.00 bits per heavy atom. The Bertz CT molecular complexity index is 1060. The monoisotopic (exact) mass is 430 g/mol. The Balaban J connectivity index is 2.23. The van der Waals surface area contributed by atoms with Gasteiger partial charge < -0.3 is 28.9 Å². The van der Waals surface area contributed by atoms with Gasteiger partial charge in [-0.15, -0.1) is 0 Å². The van der Waals surface area contributed by atoms with Gasteiger partial charge in [-0.05, 0) is 31.4 Å². The second-order valence-electron chi connectivity index (χ2n) is 7.05. The molecule has 10 nitrogen and oxygen atoms in total. The fourth-order valence-corrected chi connectivity index (χ4v) is 3.02. The van der Waals surface area contributed by atoms with Crippen molar-refractivity contribution in [3.05, 3.63) is 29.3 Å². The lowest BCUT2D eigenvalue weighted by molar-refractivity contribution is 0.0225. The summed E-state index contributed by atoms with van der Waals surface area (Å²) in [6.45, 7) is 10.0. The van der Waals surface area contributed by atoms with Crippen molar-refractivity contribution in [1.29, 1.82) is 0 Å². The van der Waals surface area contributed by atoms with Gasteiger partial charge in [0.1, 0.15) is 17.1 Å². The summed E-state index contributed by atoms with van der Waals surface area (Å²) in [5, 5.41) is 21.1. The van der Waals surface area contributed by atoms with Crippen LogP contribution in [0.4, 0.5) is 0 Å². The zero-order valence-electron chi connectivity index (χ0n) is 18.2. The van der Waals surface area contributed by atoms with E-state index in [1.807, 2.05) is 20.8 Å². The van der Waals surface area contributed by atoms with E-state index in [2.05, 4.69) is 20.6 Å². The van der Waals surface area contributed by atoms with Gasteiger partial charge in [0, 0.05) is 26.1 Å².